The van der Waals surface area contributed by atoms with Gasteiger partial charge in [0.05, 0.1) is 6.42 Å². The molecule has 42 valence electrons. The van der Waals surface area contributed by atoms with Crippen molar-refractivity contribution in [3.63, 3.8) is 0 Å². The van der Waals surface area contributed by atoms with Crippen molar-refractivity contribution < 1.29 is 9.02 Å². The van der Waals surface area contributed by atoms with E-state index in [2.05, 4.69) is 0 Å². The Morgan fingerprint density at radius 1 is 1.57 bits per heavy atom. The number of hydroxylamine groups is 1. The van der Waals surface area contributed by atoms with Crippen LogP contribution in [0.2, 0.25) is 0 Å². The first-order chi connectivity index (χ1) is 3.30. The fourth-order valence-corrected chi connectivity index (χ4v) is 1.58. The highest BCUT2D eigenvalue weighted by molar-refractivity contribution is 7.85. The van der Waals surface area contributed by atoms with Gasteiger partial charge in [-0.1, -0.05) is 0 Å². The number of rotatable bonds is 0. The molecule has 0 aromatic heterocycles. The van der Waals surface area contributed by atoms with Crippen molar-refractivity contribution in [2.45, 2.75) is 6.42 Å². The van der Waals surface area contributed by atoms with E-state index in [0.717, 1.165) is 6.42 Å². The van der Waals surface area contributed by atoms with Crippen LogP contribution in [0.5, 0.6) is 0 Å². The van der Waals surface area contributed by atoms with Crippen LogP contribution in [0.1, 0.15) is 6.42 Å². The van der Waals surface area contributed by atoms with Gasteiger partial charge in [0.1, 0.15) is 17.9 Å². The van der Waals surface area contributed by atoms with Gasteiger partial charge >= 0.3 is 0 Å². The Kier molecular flexibility index (Phi) is 1.53. The number of hydrogen-bond donors (Lipinski definition) is 1. The van der Waals surface area contributed by atoms with Crippen LogP contribution in [0.15, 0.2) is 0 Å². The summed E-state index contributed by atoms with van der Waals surface area (Å²) in [5, 5.41) is 10.3. The molecule has 1 aliphatic rings. The minimum absolute atomic E-state index is 0.0694. The summed E-state index contributed by atoms with van der Waals surface area (Å²) >= 11 is -1.11. The van der Waals surface area contributed by atoms with Crippen molar-refractivity contribution in [2.24, 2.45) is 0 Å². The molecule has 0 saturated carbocycles. The SMILES string of the molecule is [O-][NH+]1CCC[S+]1[O-]. The van der Waals surface area contributed by atoms with Crippen molar-refractivity contribution in [1.29, 1.82) is 0 Å². The van der Waals surface area contributed by atoms with Gasteiger partial charge in [0.15, 0.2) is 5.75 Å². The van der Waals surface area contributed by atoms with E-state index in [1.807, 2.05) is 0 Å². The molecule has 1 fully saturated rings. The highest BCUT2D eigenvalue weighted by Gasteiger charge is 2.22. The fraction of sp³-hybridized carbons (Fsp3) is 1.00. The molecule has 0 aromatic carbocycles. The zero-order chi connectivity index (χ0) is 5.28. The van der Waals surface area contributed by atoms with E-state index in [1.54, 1.807) is 0 Å². The summed E-state index contributed by atoms with van der Waals surface area (Å²) in [6.07, 6.45) is 0.825. The maximum atomic E-state index is 10.3. The lowest BCUT2D eigenvalue weighted by molar-refractivity contribution is -0.700. The van der Waals surface area contributed by atoms with Crippen LogP contribution in [0.3, 0.4) is 0 Å². The quantitative estimate of drug-likeness (QED) is 0.311. The molecule has 0 radical (unpaired) electrons. The fourth-order valence-electron chi connectivity index (χ4n) is 0.575. The molecule has 1 rings (SSSR count). The van der Waals surface area contributed by atoms with E-state index in [9.17, 15) is 9.76 Å². The lowest BCUT2D eigenvalue weighted by Crippen LogP contribution is -3.06. The minimum Gasteiger partial charge on any atom is -0.588 e. The van der Waals surface area contributed by atoms with Crippen molar-refractivity contribution >= 4 is 11.4 Å². The first-order valence-corrected chi connectivity index (χ1v) is 3.54. The average molecular weight is 121 g/mol. The van der Waals surface area contributed by atoms with E-state index >= 15 is 0 Å². The Hall–Kier alpha value is 0.230. The summed E-state index contributed by atoms with van der Waals surface area (Å²) in [7, 11) is 0. The van der Waals surface area contributed by atoms with Crippen molar-refractivity contribution in [3.05, 3.63) is 5.21 Å². The van der Waals surface area contributed by atoms with Crippen LogP contribution in [0.25, 0.3) is 0 Å². The molecule has 2 atom stereocenters. The Balaban J connectivity index is 2.33. The number of hydrogen-bond acceptors (Lipinski definition) is 2. The van der Waals surface area contributed by atoms with Gasteiger partial charge in [0.25, 0.3) is 0 Å². The molecule has 0 amide bonds. The molecule has 1 heterocycles. The summed E-state index contributed by atoms with van der Waals surface area (Å²) in [5.41, 5.74) is 0. The maximum Gasteiger partial charge on any atom is 0.165 e. The van der Waals surface area contributed by atoms with Crippen LogP contribution >= 0.6 is 0 Å². The molecule has 1 saturated heterocycles. The molecule has 2 unspecified atom stereocenters. The zero-order valence-corrected chi connectivity index (χ0v) is 4.66. The lowest BCUT2D eigenvalue weighted by Gasteiger charge is -2.12. The molecule has 1 aliphatic heterocycles. The Bertz CT molecular complexity index is 62.0. The number of nitrogens with one attached hydrogen (secondary N) is 1. The van der Waals surface area contributed by atoms with Gasteiger partial charge < -0.3 is 9.76 Å². The first kappa shape index (κ1) is 5.37. The predicted octanol–water partition coefficient (Wildman–Crippen LogP) is -1.56. The summed E-state index contributed by atoms with van der Waals surface area (Å²) in [5.74, 6) is 0.596. The molecule has 3 nitrogen and oxygen atoms in total. The molecule has 0 bridgehead atoms. The van der Waals surface area contributed by atoms with E-state index in [0.29, 0.717) is 12.3 Å². The Labute approximate surface area is 45.2 Å². The summed E-state index contributed by atoms with van der Waals surface area (Å²) in [6.45, 7) is 0.534. The predicted molar refractivity (Wildman–Crippen MR) is 26.8 cm³/mol. The van der Waals surface area contributed by atoms with Gasteiger partial charge in [-0.15, -0.1) is 0 Å². The van der Waals surface area contributed by atoms with Gasteiger partial charge in [-0.2, -0.15) is 4.47 Å². The molecule has 0 aromatic rings. The van der Waals surface area contributed by atoms with E-state index in [4.69, 9.17) is 0 Å². The molecule has 4 heteroatoms. The van der Waals surface area contributed by atoms with Crippen molar-refractivity contribution in [3.8, 4) is 0 Å². The molecule has 0 aliphatic carbocycles. The highest BCUT2D eigenvalue weighted by atomic mass is 32.2. The van der Waals surface area contributed by atoms with Crippen molar-refractivity contribution in [2.75, 3.05) is 12.3 Å². The zero-order valence-electron chi connectivity index (χ0n) is 3.85. The summed E-state index contributed by atoms with van der Waals surface area (Å²) < 4.78 is 10.3. The third-order valence-corrected chi connectivity index (χ3v) is 2.34. The second-order valence-electron chi connectivity index (χ2n) is 1.53. The maximum absolute atomic E-state index is 10.3. The van der Waals surface area contributed by atoms with Crippen LogP contribution in [0, 0.1) is 5.21 Å². The average Bonchev–Trinajstić information content (AvgIpc) is 1.91. The lowest BCUT2D eigenvalue weighted by atomic mass is 10.5. The van der Waals surface area contributed by atoms with E-state index < -0.39 is 11.4 Å². The smallest absolute Gasteiger partial charge is 0.165 e. The third-order valence-electron chi connectivity index (χ3n) is 0.965. The van der Waals surface area contributed by atoms with E-state index in [-0.39, 0.29) is 4.47 Å². The highest BCUT2D eigenvalue weighted by Crippen LogP contribution is 1.89. The van der Waals surface area contributed by atoms with Crippen molar-refractivity contribution in [1.82, 2.24) is 0 Å². The molecular weight excluding hydrogens is 114 g/mol. The van der Waals surface area contributed by atoms with Gasteiger partial charge in [0.2, 0.25) is 0 Å². The van der Waals surface area contributed by atoms with Gasteiger partial charge in [0, 0.05) is 0 Å². The first-order valence-electron chi connectivity index (χ1n) is 2.22. The molecule has 0 spiro atoms. The Morgan fingerprint density at radius 3 is 2.43 bits per heavy atom. The summed E-state index contributed by atoms with van der Waals surface area (Å²) in [4.78, 5) is 0. The van der Waals surface area contributed by atoms with Gasteiger partial charge in [-0.25, -0.2) is 0 Å². The Morgan fingerprint density at radius 2 is 2.29 bits per heavy atom. The van der Waals surface area contributed by atoms with Crippen LogP contribution in [0.4, 0.5) is 0 Å². The van der Waals surface area contributed by atoms with Crippen LogP contribution in [-0.4, -0.2) is 16.9 Å². The van der Waals surface area contributed by atoms with E-state index in [1.165, 1.54) is 0 Å². The van der Waals surface area contributed by atoms with Gasteiger partial charge in [-0.05, 0) is 0 Å². The standard InChI is InChI=1S/C3H7NO2S/c5-4-2-1-3-7(4)6/h4H,1-3H2. The largest absolute Gasteiger partial charge is 0.588 e. The monoisotopic (exact) mass is 121 g/mol. The van der Waals surface area contributed by atoms with Gasteiger partial charge in [-0.3, -0.25) is 0 Å². The number of quaternary nitrogens is 1. The topological polar surface area (TPSA) is 50.6 Å². The van der Waals surface area contributed by atoms with Crippen LogP contribution < -0.4 is 4.47 Å². The normalized spacial score (nSPS) is 42.0. The van der Waals surface area contributed by atoms with Crippen LogP contribution in [-0.2, 0) is 11.4 Å². The third kappa shape index (κ3) is 1.07. The minimum atomic E-state index is -1.11. The molecular formula is C3H7NO2S. The molecule has 7 heavy (non-hydrogen) atoms. The second-order valence-corrected chi connectivity index (χ2v) is 3.08. The second kappa shape index (κ2) is 2.00. The molecule has 1 N–H and O–H groups in total. The summed E-state index contributed by atoms with van der Waals surface area (Å²) in [6, 6.07) is 0.